The van der Waals surface area contributed by atoms with Gasteiger partial charge in [-0.25, -0.2) is 14.4 Å². The molecule has 0 aliphatic rings. The Labute approximate surface area is 116 Å². The lowest BCUT2D eigenvalue weighted by Crippen LogP contribution is -2.23. The summed E-state index contributed by atoms with van der Waals surface area (Å²) in [5.41, 5.74) is 7.07. The van der Waals surface area contributed by atoms with E-state index < -0.39 is 0 Å². The first kappa shape index (κ1) is 13.4. The van der Waals surface area contributed by atoms with Crippen molar-refractivity contribution in [2.75, 3.05) is 11.9 Å². The van der Waals surface area contributed by atoms with Crippen molar-refractivity contribution < 1.29 is 4.39 Å². The maximum atomic E-state index is 12.8. The molecule has 6 heteroatoms. The Morgan fingerprint density at radius 3 is 2.53 bits per heavy atom. The van der Waals surface area contributed by atoms with Gasteiger partial charge in [0.2, 0.25) is 0 Å². The van der Waals surface area contributed by atoms with Crippen molar-refractivity contribution in [2.45, 2.75) is 6.54 Å². The zero-order valence-corrected chi connectivity index (χ0v) is 11.2. The maximum Gasteiger partial charge on any atom is 0.157 e. The van der Waals surface area contributed by atoms with Crippen LogP contribution in [0.3, 0.4) is 0 Å². The van der Waals surface area contributed by atoms with E-state index >= 15 is 0 Å². The summed E-state index contributed by atoms with van der Waals surface area (Å²) in [5, 5.41) is 0. The molecule has 98 valence electrons. The highest BCUT2D eigenvalue weighted by atomic mass is 32.1. The molecule has 0 aliphatic carbocycles. The highest BCUT2D eigenvalue weighted by Gasteiger charge is 2.12. The van der Waals surface area contributed by atoms with E-state index in [0.29, 0.717) is 18.1 Å². The molecule has 0 spiro atoms. The number of hydrogen-bond acceptors (Lipinski definition) is 4. The average Bonchev–Trinajstić information content (AvgIpc) is 2.41. The minimum absolute atomic E-state index is 0.203. The standard InChI is InChI=1S/C13H13FN4S/c1-18(8-9-2-4-10(14)5-3-9)13-11(12(15)19)16-6-7-17-13/h2-7H,8H2,1H3,(H2,15,19). The van der Waals surface area contributed by atoms with Gasteiger partial charge in [0.15, 0.2) is 5.82 Å². The van der Waals surface area contributed by atoms with E-state index in [0.717, 1.165) is 5.56 Å². The molecule has 0 saturated carbocycles. The molecule has 1 heterocycles. The third kappa shape index (κ3) is 3.23. The Kier molecular flexibility index (Phi) is 4.01. The van der Waals surface area contributed by atoms with Crippen LogP contribution in [0, 0.1) is 5.82 Å². The fourth-order valence-electron chi connectivity index (χ4n) is 1.72. The molecule has 1 aromatic carbocycles. The molecule has 0 saturated heterocycles. The molecule has 2 rings (SSSR count). The van der Waals surface area contributed by atoms with E-state index in [1.54, 1.807) is 24.5 Å². The summed E-state index contributed by atoms with van der Waals surface area (Å²) in [6, 6.07) is 6.30. The van der Waals surface area contributed by atoms with Gasteiger partial charge < -0.3 is 10.6 Å². The summed E-state index contributed by atoms with van der Waals surface area (Å²) < 4.78 is 12.8. The van der Waals surface area contributed by atoms with Crippen molar-refractivity contribution in [3.8, 4) is 0 Å². The number of thiocarbonyl (C=S) groups is 1. The van der Waals surface area contributed by atoms with E-state index in [9.17, 15) is 4.39 Å². The number of rotatable bonds is 4. The van der Waals surface area contributed by atoms with Crippen molar-refractivity contribution in [1.29, 1.82) is 0 Å². The van der Waals surface area contributed by atoms with Crippen molar-refractivity contribution in [1.82, 2.24) is 9.97 Å². The molecule has 2 aromatic rings. The van der Waals surface area contributed by atoms with E-state index in [4.69, 9.17) is 18.0 Å². The summed E-state index contributed by atoms with van der Waals surface area (Å²) >= 11 is 4.95. The van der Waals surface area contributed by atoms with Crippen LogP contribution in [0.5, 0.6) is 0 Å². The molecular weight excluding hydrogens is 263 g/mol. The smallest absolute Gasteiger partial charge is 0.157 e. The first-order valence-electron chi connectivity index (χ1n) is 5.64. The van der Waals surface area contributed by atoms with Crippen molar-refractivity contribution in [3.63, 3.8) is 0 Å². The van der Waals surface area contributed by atoms with Gasteiger partial charge in [0.05, 0.1) is 0 Å². The highest BCUT2D eigenvalue weighted by Crippen LogP contribution is 2.16. The minimum Gasteiger partial charge on any atom is -0.388 e. The highest BCUT2D eigenvalue weighted by molar-refractivity contribution is 7.80. The molecular formula is C13H13FN4S. The van der Waals surface area contributed by atoms with Gasteiger partial charge in [-0.2, -0.15) is 0 Å². The molecule has 2 N–H and O–H groups in total. The van der Waals surface area contributed by atoms with Gasteiger partial charge in [0.1, 0.15) is 16.5 Å². The summed E-state index contributed by atoms with van der Waals surface area (Å²) in [6.45, 7) is 0.564. The zero-order chi connectivity index (χ0) is 13.8. The zero-order valence-electron chi connectivity index (χ0n) is 10.4. The third-order valence-corrected chi connectivity index (χ3v) is 2.80. The van der Waals surface area contributed by atoms with Crippen molar-refractivity contribution in [3.05, 3.63) is 53.7 Å². The number of benzene rings is 1. The number of aromatic nitrogens is 2. The van der Waals surface area contributed by atoms with Gasteiger partial charge in [-0.15, -0.1) is 0 Å². The maximum absolute atomic E-state index is 12.8. The molecule has 0 fully saturated rings. The van der Waals surface area contributed by atoms with Crippen LogP contribution in [0.25, 0.3) is 0 Å². The summed E-state index contributed by atoms with van der Waals surface area (Å²) in [5.74, 6) is 0.356. The van der Waals surface area contributed by atoms with Gasteiger partial charge >= 0.3 is 0 Å². The van der Waals surface area contributed by atoms with Crippen LogP contribution in [-0.4, -0.2) is 22.0 Å². The van der Waals surface area contributed by atoms with Crippen LogP contribution >= 0.6 is 12.2 Å². The Morgan fingerprint density at radius 1 is 1.26 bits per heavy atom. The Morgan fingerprint density at radius 2 is 1.89 bits per heavy atom. The molecule has 4 nitrogen and oxygen atoms in total. The van der Waals surface area contributed by atoms with Crippen LogP contribution in [0.1, 0.15) is 11.3 Å². The lowest BCUT2D eigenvalue weighted by atomic mass is 10.2. The Balaban J connectivity index is 2.22. The average molecular weight is 276 g/mol. The van der Waals surface area contributed by atoms with Gasteiger partial charge in [-0.05, 0) is 17.7 Å². The number of hydrogen-bond donors (Lipinski definition) is 1. The Hall–Kier alpha value is -2.08. The summed E-state index contributed by atoms with van der Waals surface area (Å²) in [7, 11) is 1.86. The number of anilines is 1. The van der Waals surface area contributed by atoms with Crippen LogP contribution in [-0.2, 0) is 6.54 Å². The monoisotopic (exact) mass is 276 g/mol. The van der Waals surface area contributed by atoms with Crippen LogP contribution < -0.4 is 10.6 Å². The Bertz CT molecular complexity index is 585. The van der Waals surface area contributed by atoms with Crippen LogP contribution in [0.15, 0.2) is 36.7 Å². The number of halogens is 1. The van der Waals surface area contributed by atoms with Crippen molar-refractivity contribution >= 4 is 23.0 Å². The van der Waals surface area contributed by atoms with Gasteiger partial charge in [-0.1, -0.05) is 24.4 Å². The second kappa shape index (κ2) is 5.71. The number of nitrogens with two attached hydrogens (primary N) is 1. The summed E-state index contributed by atoms with van der Waals surface area (Å²) in [6.07, 6.45) is 3.13. The van der Waals surface area contributed by atoms with Gasteiger partial charge in [0.25, 0.3) is 0 Å². The van der Waals surface area contributed by atoms with Gasteiger partial charge in [-0.3, -0.25) is 0 Å². The topological polar surface area (TPSA) is 55.0 Å². The fourth-order valence-corrected chi connectivity index (χ4v) is 1.87. The molecule has 0 atom stereocenters. The first-order chi connectivity index (χ1) is 9.08. The predicted molar refractivity (Wildman–Crippen MR) is 76.4 cm³/mol. The molecule has 0 radical (unpaired) electrons. The second-order valence-electron chi connectivity index (χ2n) is 4.08. The predicted octanol–water partition coefficient (Wildman–Crippen LogP) is 1.89. The van der Waals surface area contributed by atoms with Crippen LogP contribution in [0.4, 0.5) is 10.2 Å². The SMILES string of the molecule is CN(Cc1ccc(F)cc1)c1nccnc1C(N)=S. The van der Waals surface area contributed by atoms with E-state index in [2.05, 4.69) is 9.97 Å². The van der Waals surface area contributed by atoms with Crippen LogP contribution in [0.2, 0.25) is 0 Å². The fraction of sp³-hybridized carbons (Fsp3) is 0.154. The van der Waals surface area contributed by atoms with E-state index in [-0.39, 0.29) is 10.8 Å². The largest absolute Gasteiger partial charge is 0.388 e. The first-order valence-corrected chi connectivity index (χ1v) is 6.05. The second-order valence-corrected chi connectivity index (χ2v) is 4.52. The number of nitrogens with zero attached hydrogens (tertiary/aromatic N) is 3. The molecule has 0 bridgehead atoms. The van der Waals surface area contributed by atoms with E-state index in [1.807, 2.05) is 11.9 Å². The molecule has 0 amide bonds. The van der Waals surface area contributed by atoms with Crippen molar-refractivity contribution in [2.24, 2.45) is 5.73 Å². The summed E-state index contributed by atoms with van der Waals surface area (Å²) in [4.78, 5) is 10.4. The minimum atomic E-state index is -0.255. The molecule has 0 unspecified atom stereocenters. The molecule has 19 heavy (non-hydrogen) atoms. The molecule has 0 aliphatic heterocycles. The normalized spacial score (nSPS) is 10.2. The molecule has 1 aromatic heterocycles. The lowest BCUT2D eigenvalue weighted by Gasteiger charge is -2.20. The van der Waals surface area contributed by atoms with Gasteiger partial charge in [0, 0.05) is 26.0 Å². The van der Waals surface area contributed by atoms with E-state index in [1.165, 1.54) is 12.1 Å². The lowest BCUT2D eigenvalue weighted by molar-refractivity contribution is 0.627. The quantitative estimate of drug-likeness (QED) is 0.864. The third-order valence-electron chi connectivity index (χ3n) is 2.61.